The molecule has 196 valence electrons. The molecule has 2 heterocycles. The Bertz CT molecular complexity index is 1080. The van der Waals surface area contributed by atoms with Crippen LogP contribution in [-0.2, 0) is 9.53 Å². The number of amides is 3. The number of guanidine groups is 1. The summed E-state index contributed by atoms with van der Waals surface area (Å²) in [7, 11) is 4.51. The van der Waals surface area contributed by atoms with Gasteiger partial charge in [-0.1, -0.05) is 30.1 Å². The van der Waals surface area contributed by atoms with Gasteiger partial charge in [-0.3, -0.25) is 14.6 Å². The topological polar surface area (TPSA) is 117 Å². The van der Waals surface area contributed by atoms with Crippen LogP contribution in [0.5, 0.6) is 11.5 Å². The van der Waals surface area contributed by atoms with Crippen molar-refractivity contribution in [1.82, 2.24) is 15.5 Å². The van der Waals surface area contributed by atoms with Crippen molar-refractivity contribution in [3.05, 3.63) is 27.5 Å². The van der Waals surface area contributed by atoms with E-state index in [1.54, 1.807) is 20.0 Å². The fourth-order valence-electron chi connectivity index (χ4n) is 3.92. The summed E-state index contributed by atoms with van der Waals surface area (Å²) >= 11 is 13.1. The van der Waals surface area contributed by atoms with Gasteiger partial charge in [0.1, 0.15) is 27.4 Å². The van der Waals surface area contributed by atoms with E-state index in [0.717, 1.165) is 5.57 Å². The standard InChI is InChI=1S/C23H30Cl2N6O5/c1-7-17(32)27-13-10-36-11-14(13)28-22(26-3)29-21-12(2)9-31(23(33)30(21)4)20-18(24)15(34-5)8-16(35-6)19(20)25/h8,13-14H,3,7,9-11H2,1-2,4-6H3,(H,27,32)(H,28,29)/t13-,14+/m0/s1. The van der Waals surface area contributed by atoms with Gasteiger partial charge in [0, 0.05) is 19.5 Å². The van der Waals surface area contributed by atoms with Gasteiger partial charge in [-0.15, -0.1) is 0 Å². The largest absolute Gasteiger partial charge is 0.495 e. The summed E-state index contributed by atoms with van der Waals surface area (Å²) in [5, 5.41) is 6.44. The second-order valence-electron chi connectivity index (χ2n) is 8.20. The second-order valence-corrected chi connectivity index (χ2v) is 8.95. The van der Waals surface area contributed by atoms with Gasteiger partial charge in [0.05, 0.1) is 51.7 Å². The number of hydrogen-bond donors (Lipinski definition) is 2. The SMILES string of the molecule is C=N/C(=N\C1=C(C)CN(c2c(Cl)c(OC)cc(OC)c2Cl)C(=O)N1C)N[C@@H]1COC[C@@H]1NC(=O)CC. The minimum absolute atomic E-state index is 0.0786. The van der Waals surface area contributed by atoms with Crippen LogP contribution in [0.25, 0.3) is 0 Å². The number of anilines is 1. The van der Waals surface area contributed by atoms with Gasteiger partial charge in [-0.25, -0.2) is 9.79 Å². The van der Waals surface area contributed by atoms with Crippen molar-refractivity contribution < 1.29 is 23.8 Å². The average molecular weight is 541 g/mol. The van der Waals surface area contributed by atoms with Gasteiger partial charge in [0.2, 0.25) is 11.9 Å². The molecule has 0 aliphatic carbocycles. The Labute approximate surface area is 220 Å². The molecule has 0 bridgehead atoms. The molecule has 1 saturated heterocycles. The minimum atomic E-state index is -0.417. The summed E-state index contributed by atoms with van der Waals surface area (Å²) in [5.74, 6) is 1.15. The van der Waals surface area contributed by atoms with E-state index < -0.39 is 6.03 Å². The van der Waals surface area contributed by atoms with E-state index in [-0.39, 0.29) is 46.2 Å². The first-order valence-corrected chi connectivity index (χ1v) is 12.0. The maximum absolute atomic E-state index is 13.4. The highest BCUT2D eigenvalue weighted by atomic mass is 35.5. The van der Waals surface area contributed by atoms with Crippen molar-refractivity contribution in [2.45, 2.75) is 32.4 Å². The predicted molar refractivity (Wildman–Crippen MR) is 140 cm³/mol. The molecule has 3 rings (SSSR count). The summed E-state index contributed by atoms with van der Waals surface area (Å²) in [6.45, 7) is 8.09. The number of carbonyl (C=O) groups is 2. The Morgan fingerprint density at radius 1 is 1.19 bits per heavy atom. The second kappa shape index (κ2) is 11.8. The third kappa shape index (κ3) is 5.53. The smallest absolute Gasteiger partial charge is 0.330 e. The van der Waals surface area contributed by atoms with Gasteiger partial charge in [0.25, 0.3) is 0 Å². The molecule has 1 fully saturated rings. The van der Waals surface area contributed by atoms with Crippen LogP contribution in [-0.4, -0.2) is 82.6 Å². The molecule has 2 aliphatic heterocycles. The van der Waals surface area contributed by atoms with Crippen LogP contribution in [0.15, 0.2) is 27.4 Å². The molecule has 2 aliphatic rings. The zero-order valence-electron chi connectivity index (χ0n) is 20.9. The lowest BCUT2D eigenvalue weighted by Crippen LogP contribution is -2.51. The molecule has 0 aromatic heterocycles. The Morgan fingerprint density at radius 2 is 1.78 bits per heavy atom. The van der Waals surface area contributed by atoms with Crippen molar-refractivity contribution in [1.29, 1.82) is 0 Å². The molecule has 0 radical (unpaired) electrons. The third-order valence-electron chi connectivity index (χ3n) is 5.86. The lowest BCUT2D eigenvalue weighted by molar-refractivity contribution is -0.121. The van der Waals surface area contributed by atoms with Crippen molar-refractivity contribution in [3.8, 4) is 11.5 Å². The number of aliphatic imine (C=N–C) groups is 2. The van der Waals surface area contributed by atoms with Crippen molar-refractivity contribution in [2.75, 3.05) is 45.9 Å². The number of halogens is 2. The maximum atomic E-state index is 13.4. The molecule has 1 aromatic carbocycles. The highest BCUT2D eigenvalue weighted by Gasteiger charge is 2.35. The summed E-state index contributed by atoms with van der Waals surface area (Å²) in [6.07, 6.45) is 0.368. The van der Waals surface area contributed by atoms with E-state index in [4.69, 9.17) is 37.4 Å². The Kier molecular flexibility index (Phi) is 9.04. The number of rotatable bonds is 7. The molecule has 11 nitrogen and oxygen atoms in total. The zero-order chi connectivity index (χ0) is 26.6. The van der Waals surface area contributed by atoms with E-state index in [0.29, 0.717) is 37.0 Å². The van der Waals surface area contributed by atoms with E-state index in [2.05, 4.69) is 27.3 Å². The van der Waals surface area contributed by atoms with Gasteiger partial charge < -0.3 is 24.8 Å². The molecule has 3 amide bonds. The van der Waals surface area contributed by atoms with Crippen molar-refractivity contribution in [2.24, 2.45) is 9.98 Å². The number of benzene rings is 1. The zero-order valence-corrected chi connectivity index (χ0v) is 22.4. The molecular weight excluding hydrogens is 511 g/mol. The normalized spacial score (nSPS) is 20.5. The minimum Gasteiger partial charge on any atom is -0.495 e. The van der Waals surface area contributed by atoms with Crippen LogP contribution >= 0.6 is 23.2 Å². The van der Waals surface area contributed by atoms with E-state index in [1.807, 2.05) is 6.92 Å². The quantitative estimate of drug-likeness (QED) is 0.405. The molecule has 0 spiro atoms. The summed E-state index contributed by atoms with van der Waals surface area (Å²) < 4.78 is 16.2. The summed E-state index contributed by atoms with van der Waals surface area (Å²) in [6, 6.07) is 0.641. The summed E-state index contributed by atoms with van der Waals surface area (Å²) in [5.41, 5.74) is 1.01. The molecule has 13 heteroatoms. The monoisotopic (exact) mass is 540 g/mol. The number of ether oxygens (including phenoxy) is 3. The fourth-order valence-corrected chi connectivity index (χ4v) is 4.62. The average Bonchev–Trinajstić information content (AvgIpc) is 3.30. The Morgan fingerprint density at radius 3 is 2.31 bits per heavy atom. The molecule has 36 heavy (non-hydrogen) atoms. The lowest BCUT2D eigenvalue weighted by Gasteiger charge is -2.35. The number of nitrogens with one attached hydrogen (secondary N) is 2. The Hall–Kier alpha value is -3.02. The number of hydrogen-bond acceptors (Lipinski definition) is 6. The molecular formula is C23H30Cl2N6O5. The predicted octanol–water partition coefficient (Wildman–Crippen LogP) is 3.05. The molecule has 1 aromatic rings. The van der Waals surface area contributed by atoms with Crippen molar-refractivity contribution >= 4 is 53.5 Å². The van der Waals surface area contributed by atoms with E-state index in [9.17, 15) is 9.59 Å². The number of urea groups is 1. The van der Waals surface area contributed by atoms with Crippen LogP contribution in [0.4, 0.5) is 10.5 Å². The highest BCUT2D eigenvalue weighted by molar-refractivity contribution is 6.41. The number of carbonyl (C=O) groups excluding carboxylic acids is 2. The van der Waals surface area contributed by atoms with Gasteiger partial charge in [0.15, 0.2) is 0 Å². The van der Waals surface area contributed by atoms with E-state index >= 15 is 0 Å². The Balaban J connectivity index is 1.91. The molecule has 2 N–H and O–H groups in total. The first kappa shape index (κ1) is 27.6. The highest BCUT2D eigenvalue weighted by Crippen LogP contribution is 2.47. The third-order valence-corrected chi connectivity index (χ3v) is 6.59. The maximum Gasteiger partial charge on any atom is 0.330 e. The van der Waals surface area contributed by atoms with Gasteiger partial charge >= 0.3 is 6.03 Å². The fraction of sp³-hybridized carbons (Fsp3) is 0.478. The van der Waals surface area contributed by atoms with Crippen molar-refractivity contribution in [3.63, 3.8) is 0 Å². The molecule has 0 saturated carbocycles. The van der Waals surface area contributed by atoms with Gasteiger partial charge in [-0.05, 0) is 19.2 Å². The number of nitrogens with zero attached hydrogens (tertiary/aromatic N) is 4. The first-order valence-electron chi connectivity index (χ1n) is 11.2. The van der Waals surface area contributed by atoms with E-state index in [1.165, 1.54) is 24.0 Å². The lowest BCUT2D eigenvalue weighted by atomic mass is 10.1. The van der Waals surface area contributed by atoms with Crippen LogP contribution < -0.4 is 25.0 Å². The first-order chi connectivity index (χ1) is 17.2. The molecule has 2 atom stereocenters. The van der Waals surface area contributed by atoms with Gasteiger partial charge in [-0.2, -0.15) is 4.99 Å². The van der Waals surface area contributed by atoms with Crippen LogP contribution in [0.3, 0.4) is 0 Å². The summed E-state index contributed by atoms with van der Waals surface area (Å²) in [4.78, 5) is 36.6. The van der Waals surface area contributed by atoms with Crippen LogP contribution in [0.2, 0.25) is 10.0 Å². The number of methoxy groups -OCH3 is 2. The molecule has 0 unspecified atom stereocenters. The van der Waals surface area contributed by atoms with Crippen LogP contribution in [0.1, 0.15) is 20.3 Å². The van der Waals surface area contributed by atoms with Crippen LogP contribution in [0, 0.1) is 0 Å².